The van der Waals surface area contributed by atoms with E-state index in [0.29, 0.717) is 40.7 Å². The first-order chi connectivity index (χ1) is 19.2. The fourth-order valence-electron chi connectivity index (χ4n) is 6.25. The van der Waals surface area contributed by atoms with Crippen LogP contribution < -0.4 is 5.32 Å². The average molecular weight is 652 g/mol. The van der Waals surface area contributed by atoms with E-state index in [1.54, 1.807) is 35.2 Å². The first-order valence-electron chi connectivity index (χ1n) is 12.8. The van der Waals surface area contributed by atoms with Crippen molar-refractivity contribution < 1.29 is 23.5 Å². The molecule has 2 fully saturated rings. The number of amides is 2. The second-order valence-corrected chi connectivity index (χ2v) is 11.5. The SMILES string of the molecule is Cn1cc(I)c2cc(-c3ccc(C(=O)N4[C@@H]5CC[C@H]4[C@@H](NC(=O)O)C5)cc3-c3ccc(C#N)c(F)c3)c(F)cc21. The molecular formula is C30H23F2IN4O3. The normalized spacial score (nSPS) is 19.7. The molecule has 2 N–H and O–H groups in total. The standard InChI is InChI=1S/C30H23F2IN4O3/c1-36-14-25(33)22-11-21(24(32)12-28(22)36)19-6-4-16(8-20(19)15-2-3-17(13-34)23(31)9-15)29(38)37-18-5-7-27(37)26(10-18)35-30(39)40/h2-4,6,8-9,11-12,14,18,26-27,35H,5,7,10H2,1H3,(H,39,40)/t18-,26+,27+/m1/s1. The highest BCUT2D eigenvalue weighted by molar-refractivity contribution is 14.1. The lowest BCUT2D eigenvalue weighted by molar-refractivity contribution is 0.0722. The van der Waals surface area contributed by atoms with Gasteiger partial charge in [-0.05, 0) is 94.9 Å². The molecule has 4 aromatic rings. The summed E-state index contributed by atoms with van der Waals surface area (Å²) in [6, 6.07) is 13.5. The Labute approximate surface area is 242 Å². The van der Waals surface area contributed by atoms with Crippen molar-refractivity contribution in [1.82, 2.24) is 14.8 Å². The quantitative estimate of drug-likeness (QED) is 0.254. The zero-order valence-electron chi connectivity index (χ0n) is 21.3. The van der Waals surface area contributed by atoms with E-state index in [1.807, 2.05) is 23.9 Å². The largest absolute Gasteiger partial charge is 0.465 e. The molecule has 0 unspecified atom stereocenters. The molecule has 3 aromatic carbocycles. The fourth-order valence-corrected chi connectivity index (χ4v) is 7.10. The highest BCUT2D eigenvalue weighted by atomic mass is 127. The van der Waals surface area contributed by atoms with Crippen LogP contribution in [0.4, 0.5) is 13.6 Å². The van der Waals surface area contributed by atoms with Crippen molar-refractivity contribution in [2.24, 2.45) is 7.05 Å². The summed E-state index contributed by atoms with van der Waals surface area (Å²) >= 11 is 2.20. The minimum absolute atomic E-state index is 0.0789. The number of carboxylic acid groups (broad SMARTS) is 1. The van der Waals surface area contributed by atoms with Crippen molar-refractivity contribution in [3.05, 3.63) is 81.1 Å². The van der Waals surface area contributed by atoms with Gasteiger partial charge in [0.05, 0.1) is 23.2 Å². The molecule has 2 amide bonds. The monoisotopic (exact) mass is 652 g/mol. The van der Waals surface area contributed by atoms with E-state index in [1.165, 1.54) is 18.2 Å². The van der Waals surface area contributed by atoms with Gasteiger partial charge in [0.25, 0.3) is 5.91 Å². The number of aryl methyl sites for hydroxylation is 1. The zero-order valence-corrected chi connectivity index (χ0v) is 23.4. The topological polar surface area (TPSA) is 98.4 Å². The highest BCUT2D eigenvalue weighted by Gasteiger charge is 2.49. The molecule has 202 valence electrons. The molecular weight excluding hydrogens is 629 g/mol. The summed E-state index contributed by atoms with van der Waals surface area (Å²) in [6.07, 6.45) is 2.83. The van der Waals surface area contributed by atoms with Crippen LogP contribution in [0.5, 0.6) is 0 Å². The molecule has 1 aromatic heterocycles. The van der Waals surface area contributed by atoms with Crippen molar-refractivity contribution in [2.45, 2.75) is 37.4 Å². The second kappa shape index (κ2) is 9.89. The number of nitrogens with zero attached hydrogens (tertiary/aromatic N) is 3. The smallest absolute Gasteiger partial charge is 0.404 e. The van der Waals surface area contributed by atoms with Crippen molar-refractivity contribution in [1.29, 1.82) is 5.26 Å². The van der Waals surface area contributed by atoms with Crippen LogP contribution in [-0.4, -0.2) is 44.7 Å². The number of hydrogen-bond acceptors (Lipinski definition) is 3. The van der Waals surface area contributed by atoms with E-state index >= 15 is 4.39 Å². The number of carbonyl (C=O) groups excluding carboxylic acids is 1. The molecule has 2 saturated heterocycles. The third-order valence-electron chi connectivity index (χ3n) is 8.07. The fraction of sp³-hybridized carbons (Fsp3) is 0.233. The number of nitrogens with one attached hydrogen (secondary N) is 1. The zero-order chi connectivity index (χ0) is 28.3. The van der Waals surface area contributed by atoms with Gasteiger partial charge < -0.3 is 19.9 Å². The maximum absolute atomic E-state index is 15.6. The molecule has 0 spiro atoms. The number of fused-ring (bicyclic) bond motifs is 3. The first-order valence-corrected chi connectivity index (χ1v) is 13.8. The summed E-state index contributed by atoms with van der Waals surface area (Å²) in [5.74, 6) is -1.42. The molecule has 0 radical (unpaired) electrons. The molecule has 3 atom stereocenters. The summed E-state index contributed by atoms with van der Waals surface area (Å²) in [7, 11) is 1.84. The van der Waals surface area contributed by atoms with Crippen LogP contribution in [0.3, 0.4) is 0 Å². The van der Waals surface area contributed by atoms with Crippen molar-refractivity contribution in [3.8, 4) is 28.3 Å². The van der Waals surface area contributed by atoms with Crippen molar-refractivity contribution >= 4 is 45.5 Å². The van der Waals surface area contributed by atoms with Crippen LogP contribution in [0.2, 0.25) is 0 Å². The minimum Gasteiger partial charge on any atom is -0.465 e. The minimum atomic E-state index is -1.12. The van der Waals surface area contributed by atoms with Crippen LogP contribution in [0.1, 0.15) is 35.2 Å². The highest BCUT2D eigenvalue weighted by Crippen LogP contribution is 2.41. The Hall–Kier alpha value is -3.98. The number of aromatic nitrogens is 1. The summed E-state index contributed by atoms with van der Waals surface area (Å²) in [6.45, 7) is 0. The lowest BCUT2D eigenvalue weighted by atomic mass is 9.91. The van der Waals surface area contributed by atoms with Gasteiger partial charge in [0.1, 0.15) is 17.7 Å². The van der Waals surface area contributed by atoms with Gasteiger partial charge in [-0.3, -0.25) is 4.79 Å². The van der Waals surface area contributed by atoms with Gasteiger partial charge in [0.15, 0.2) is 0 Å². The predicted octanol–water partition coefficient (Wildman–Crippen LogP) is 6.28. The van der Waals surface area contributed by atoms with Crippen LogP contribution in [0, 0.1) is 26.5 Å². The lowest BCUT2D eigenvalue weighted by Gasteiger charge is -2.25. The van der Waals surface area contributed by atoms with Crippen molar-refractivity contribution in [2.75, 3.05) is 0 Å². The Morgan fingerprint density at radius 2 is 1.85 bits per heavy atom. The van der Waals surface area contributed by atoms with Gasteiger partial charge in [-0.1, -0.05) is 12.1 Å². The van der Waals surface area contributed by atoms with Gasteiger partial charge in [-0.15, -0.1) is 0 Å². The van der Waals surface area contributed by atoms with Crippen LogP contribution in [0.25, 0.3) is 33.2 Å². The van der Waals surface area contributed by atoms with Gasteiger partial charge >= 0.3 is 6.09 Å². The Morgan fingerprint density at radius 3 is 2.58 bits per heavy atom. The third-order valence-corrected chi connectivity index (χ3v) is 8.93. The molecule has 40 heavy (non-hydrogen) atoms. The molecule has 10 heteroatoms. The van der Waals surface area contributed by atoms with Gasteiger partial charge in [-0.2, -0.15) is 5.26 Å². The Kier molecular flexibility index (Phi) is 6.49. The number of nitriles is 1. The molecule has 0 saturated carbocycles. The lowest BCUT2D eigenvalue weighted by Crippen LogP contribution is -2.44. The van der Waals surface area contributed by atoms with Crippen LogP contribution in [0.15, 0.2) is 54.7 Å². The molecule has 2 aliphatic rings. The summed E-state index contributed by atoms with van der Waals surface area (Å²) in [4.78, 5) is 26.8. The van der Waals surface area contributed by atoms with Crippen LogP contribution >= 0.6 is 22.6 Å². The molecule has 6 rings (SSSR count). The average Bonchev–Trinajstić information content (AvgIpc) is 3.57. The predicted molar refractivity (Wildman–Crippen MR) is 154 cm³/mol. The van der Waals surface area contributed by atoms with Crippen LogP contribution in [-0.2, 0) is 7.05 Å². The first kappa shape index (κ1) is 26.3. The summed E-state index contributed by atoms with van der Waals surface area (Å²) in [5.41, 5.74) is 2.60. The molecule has 3 heterocycles. The molecule has 2 aliphatic heterocycles. The van der Waals surface area contributed by atoms with Gasteiger partial charge in [0, 0.05) is 39.4 Å². The molecule has 2 bridgehead atoms. The van der Waals surface area contributed by atoms with Gasteiger partial charge in [-0.25, -0.2) is 13.6 Å². The molecule has 0 aliphatic carbocycles. The van der Waals surface area contributed by atoms with E-state index in [-0.39, 0.29) is 29.6 Å². The second-order valence-electron chi connectivity index (χ2n) is 10.3. The Bertz CT molecular complexity index is 1760. The molecule has 7 nitrogen and oxygen atoms in total. The van der Waals surface area contributed by atoms with E-state index in [4.69, 9.17) is 0 Å². The number of benzene rings is 3. The number of halogens is 3. The number of hydrogen-bond donors (Lipinski definition) is 2. The summed E-state index contributed by atoms with van der Waals surface area (Å²) < 4.78 is 33.1. The van der Waals surface area contributed by atoms with E-state index < -0.39 is 17.7 Å². The maximum atomic E-state index is 15.6. The number of rotatable bonds is 4. The van der Waals surface area contributed by atoms with E-state index in [2.05, 4.69) is 27.9 Å². The number of carbonyl (C=O) groups is 2. The van der Waals surface area contributed by atoms with Gasteiger partial charge in [0.2, 0.25) is 0 Å². The van der Waals surface area contributed by atoms with E-state index in [0.717, 1.165) is 20.9 Å². The Morgan fingerprint density at radius 1 is 1.05 bits per heavy atom. The maximum Gasteiger partial charge on any atom is 0.404 e. The summed E-state index contributed by atoms with van der Waals surface area (Å²) in [5, 5.41) is 21.8. The Balaban J connectivity index is 1.48. The van der Waals surface area contributed by atoms with E-state index in [9.17, 15) is 24.3 Å². The third kappa shape index (κ3) is 4.29. The van der Waals surface area contributed by atoms with Crippen molar-refractivity contribution in [3.63, 3.8) is 0 Å².